The maximum absolute atomic E-state index is 4.93. The smallest absolute Gasteiger partial charge is 0.0523 e. The maximum atomic E-state index is 4.93. The van der Waals surface area contributed by atoms with Crippen molar-refractivity contribution >= 4 is 55.7 Å². The summed E-state index contributed by atoms with van der Waals surface area (Å²) in [5, 5.41) is 5.20. The fourth-order valence-electron chi connectivity index (χ4n) is 5.38. The quantitative estimate of drug-likeness (QED) is 0.170. The van der Waals surface area contributed by atoms with Gasteiger partial charge < -0.3 is 9.13 Å². The normalized spacial score (nSPS) is 13.4. The van der Waals surface area contributed by atoms with E-state index in [1.165, 1.54) is 49.4 Å². The van der Waals surface area contributed by atoms with Gasteiger partial charge in [-0.25, -0.2) is 12.2 Å². The van der Waals surface area contributed by atoms with Gasteiger partial charge in [0.25, 0.3) is 0 Å². The minimum atomic E-state index is -0.826. The van der Waals surface area contributed by atoms with E-state index in [0.717, 1.165) is 0 Å². The van der Waals surface area contributed by atoms with Crippen LogP contribution in [-0.4, -0.2) is 9.13 Å². The number of benzene rings is 4. The third kappa shape index (κ3) is 5.20. The second-order valence-corrected chi connectivity index (χ2v) is 13.0. The van der Waals surface area contributed by atoms with E-state index >= 15 is 0 Å². The number of fused-ring (bicyclic) bond motifs is 5. The standard InChI is InChI=1S/C21H14N.C13H10N.2ClH.Zr/c1-2-8-16-14-17(13-15(16)7-1)22-20-11-5-3-9-18(20)19-10-4-6-12-21(19)22;1-2-6-12-11(5-1)7-8-13(12)14-9-3-4-10-14;;;/h1-14H;1-7,9-10,13H;2*1H;/q2*-1;;;+4/p-2. The van der Waals surface area contributed by atoms with Crippen molar-refractivity contribution in [2.75, 3.05) is 0 Å². The first-order valence-electron chi connectivity index (χ1n) is 12.7. The third-order valence-electron chi connectivity index (χ3n) is 7.05. The molecule has 5 aromatic carbocycles. The zero-order chi connectivity index (χ0) is 26.6. The second-order valence-electron chi connectivity index (χ2n) is 9.26. The van der Waals surface area contributed by atoms with Crippen molar-refractivity contribution in [2.45, 2.75) is 6.04 Å². The van der Waals surface area contributed by atoms with Gasteiger partial charge in [0.15, 0.2) is 0 Å². The van der Waals surface area contributed by atoms with Gasteiger partial charge in [-0.1, -0.05) is 60.7 Å². The number of halogens is 2. The van der Waals surface area contributed by atoms with E-state index in [1.54, 1.807) is 0 Å². The average Bonchev–Trinajstić information content (AvgIpc) is 3.77. The third-order valence-corrected chi connectivity index (χ3v) is 7.05. The number of nitrogens with zero attached hydrogens (tertiary/aromatic N) is 2. The van der Waals surface area contributed by atoms with Gasteiger partial charge >= 0.3 is 37.9 Å². The van der Waals surface area contributed by atoms with Gasteiger partial charge in [-0.2, -0.15) is 5.56 Å². The summed E-state index contributed by atoms with van der Waals surface area (Å²) >= 11 is -0.826. The van der Waals surface area contributed by atoms with Crippen molar-refractivity contribution in [1.29, 1.82) is 0 Å². The average molecular weight is 623 g/mol. The molecule has 39 heavy (non-hydrogen) atoms. The van der Waals surface area contributed by atoms with Crippen molar-refractivity contribution in [3.05, 3.63) is 151 Å². The van der Waals surface area contributed by atoms with Crippen molar-refractivity contribution in [3.63, 3.8) is 0 Å². The number of hydrogen-bond acceptors (Lipinski definition) is 0. The Labute approximate surface area is 246 Å². The Hall–Kier alpha value is -3.23. The Morgan fingerprint density at radius 2 is 1.28 bits per heavy atom. The van der Waals surface area contributed by atoms with E-state index in [-0.39, 0.29) is 6.04 Å². The van der Waals surface area contributed by atoms with E-state index in [0.29, 0.717) is 0 Å². The summed E-state index contributed by atoms with van der Waals surface area (Å²) in [4.78, 5) is 0. The molecule has 1 atom stereocenters. The molecule has 1 aliphatic rings. The Bertz CT molecular complexity index is 1790. The molecule has 1 aliphatic carbocycles. The molecule has 0 saturated heterocycles. The van der Waals surface area contributed by atoms with Crippen LogP contribution in [0.25, 0.3) is 44.3 Å². The minimum Gasteiger partial charge on any atom is -0.328 e. The summed E-state index contributed by atoms with van der Waals surface area (Å²) in [5.41, 5.74) is 6.38. The summed E-state index contributed by atoms with van der Waals surface area (Å²) < 4.78 is 4.53. The fourth-order valence-corrected chi connectivity index (χ4v) is 5.38. The van der Waals surface area contributed by atoms with Crippen molar-refractivity contribution in [2.24, 2.45) is 0 Å². The van der Waals surface area contributed by atoms with Crippen molar-refractivity contribution in [1.82, 2.24) is 9.13 Å². The van der Waals surface area contributed by atoms with Crippen LogP contribution in [0.3, 0.4) is 0 Å². The van der Waals surface area contributed by atoms with Gasteiger partial charge in [-0.05, 0) is 36.0 Å². The number of para-hydroxylation sites is 2. The Kier molecular flexibility index (Phi) is 7.93. The molecule has 0 amide bonds. The number of aromatic nitrogens is 2. The molecule has 0 N–H and O–H groups in total. The molecule has 8 rings (SSSR count). The van der Waals surface area contributed by atoms with E-state index in [1.807, 2.05) is 12.1 Å². The molecule has 2 aromatic heterocycles. The zero-order valence-electron chi connectivity index (χ0n) is 21.0. The monoisotopic (exact) mass is 620 g/mol. The Morgan fingerprint density at radius 3 is 1.97 bits per heavy atom. The fraction of sp³-hybridized carbons (Fsp3) is 0.0294. The molecule has 0 spiro atoms. The van der Waals surface area contributed by atoms with Gasteiger partial charge in [-0.15, -0.1) is 52.7 Å². The molecule has 2 nitrogen and oxygen atoms in total. The Balaban J connectivity index is 0.000000140. The molecule has 1 unspecified atom stereocenters. The van der Waals surface area contributed by atoms with E-state index in [2.05, 4.69) is 143 Å². The van der Waals surface area contributed by atoms with Crippen molar-refractivity contribution < 1.29 is 20.8 Å². The summed E-state index contributed by atoms with van der Waals surface area (Å²) in [6.45, 7) is 0. The topological polar surface area (TPSA) is 9.86 Å². The summed E-state index contributed by atoms with van der Waals surface area (Å²) in [5.74, 6) is 0. The molecule has 0 saturated carbocycles. The molecular weight excluding hydrogens is 599 g/mol. The van der Waals surface area contributed by atoms with Crippen LogP contribution in [0.4, 0.5) is 0 Å². The van der Waals surface area contributed by atoms with Crippen LogP contribution in [0.2, 0.25) is 0 Å². The van der Waals surface area contributed by atoms with Gasteiger partial charge in [0, 0.05) is 23.2 Å². The molecule has 0 bridgehead atoms. The van der Waals surface area contributed by atoms with Crippen LogP contribution >= 0.6 is 17.0 Å². The first-order chi connectivity index (χ1) is 19.3. The van der Waals surface area contributed by atoms with Gasteiger partial charge in [-0.3, -0.25) is 0 Å². The number of allylic oxidation sites excluding steroid dienone is 1. The van der Waals surface area contributed by atoms with Crippen LogP contribution < -0.4 is 0 Å². The first-order valence-corrected chi connectivity index (χ1v) is 19.0. The molecule has 188 valence electrons. The van der Waals surface area contributed by atoms with E-state index < -0.39 is 20.8 Å². The molecule has 5 heteroatoms. The summed E-state index contributed by atoms with van der Waals surface area (Å²) in [6.07, 6.45) is 9.59. The molecule has 0 fully saturated rings. The number of rotatable bonds is 2. The maximum Gasteiger partial charge on any atom is 0.0523 e. The van der Waals surface area contributed by atoms with Gasteiger partial charge in [0.05, 0.1) is 11.0 Å². The molecular formula is C34H24Cl2N2Zr. The second kappa shape index (κ2) is 11.9. The van der Waals surface area contributed by atoms with Gasteiger partial charge in [0.2, 0.25) is 0 Å². The molecule has 7 aromatic rings. The molecule has 2 heterocycles. The van der Waals surface area contributed by atoms with Crippen LogP contribution in [-0.2, 0) is 20.8 Å². The van der Waals surface area contributed by atoms with Gasteiger partial charge in [0.1, 0.15) is 0 Å². The van der Waals surface area contributed by atoms with Crippen molar-refractivity contribution in [3.8, 4) is 5.69 Å². The predicted octanol–water partition coefficient (Wildman–Crippen LogP) is 9.94. The first kappa shape index (κ1) is 26.0. The predicted molar refractivity (Wildman–Crippen MR) is 162 cm³/mol. The number of hydrogen-bond donors (Lipinski definition) is 0. The van der Waals surface area contributed by atoms with E-state index in [4.69, 9.17) is 17.0 Å². The summed E-state index contributed by atoms with van der Waals surface area (Å²) in [6, 6.07) is 43.1. The van der Waals surface area contributed by atoms with Crippen LogP contribution in [0, 0.1) is 6.08 Å². The van der Waals surface area contributed by atoms with Crippen LogP contribution in [0.15, 0.2) is 134 Å². The summed E-state index contributed by atoms with van der Waals surface area (Å²) in [7, 11) is 9.87. The van der Waals surface area contributed by atoms with Crippen LogP contribution in [0.5, 0.6) is 0 Å². The SMILES string of the molecule is [C-]1=Cc2ccccc2C1n1cccc1.[Cl][Zr+2][Cl].c1ccc2[cH-]c(-n3c4ccccc4c4ccccc43)cc2c1. The van der Waals surface area contributed by atoms with E-state index in [9.17, 15) is 0 Å². The Morgan fingerprint density at radius 1 is 0.692 bits per heavy atom. The molecule has 0 aliphatic heterocycles. The zero-order valence-corrected chi connectivity index (χ0v) is 25.0. The molecule has 0 radical (unpaired) electrons. The minimum absolute atomic E-state index is 0.265. The van der Waals surface area contributed by atoms with Crippen LogP contribution in [0.1, 0.15) is 17.2 Å². The largest absolute Gasteiger partial charge is 0.328 e.